The summed E-state index contributed by atoms with van der Waals surface area (Å²) in [4.78, 5) is 0.309. The molecule has 1 aliphatic heterocycles. The molecule has 0 bridgehead atoms. The van der Waals surface area contributed by atoms with Crippen molar-refractivity contribution >= 4 is 10.0 Å². The average Bonchev–Trinajstić information content (AvgIpc) is 2.66. The van der Waals surface area contributed by atoms with Crippen LogP contribution in [0, 0.1) is 11.6 Å². The number of sulfonamides is 1. The van der Waals surface area contributed by atoms with Crippen LogP contribution in [0.2, 0.25) is 0 Å². The molecule has 7 heteroatoms. The molecule has 2 aromatic carbocycles. The third kappa shape index (κ3) is 4.47. The van der Waals surface area contributed by atoms with Crippen LogP contribution in [-0.2, 0) is 23.1 Å². The number of rotatable bonds is 6. The summed E-state index contributed by atoms with van der Waals surface area (Å²) in [5, 5.41) is 3.14. The molecule has 0 spiro atoms. The Bertz CT molecular complexity index is 848. The van der Waals surface area contributed by atoms with Crippen LogP contribution in [0.5, 0.6) is 0 Å². The lowest BCUT2D eigenvalue weighted by Gasteiger charge is -2.25. The van der Waals surface area contributed by atoms with Gasteiger partial charge in [-0.05, 0) is 48.2 Å². The monoisotopic (exact) mass is 380 g/mol. The molecular formula is C19H22F2N2O2S. The zero-order valence-electron chi connectivity index (χ0n) is 14.4. The second-order valence-corrected chi connectivity index (χ2v) is 8.40. The highest BCUT2D eigenvalue weighted by Crippen LogP contribution is 2.20. The minimum atomic E-state index is -3.42. The molecule has 4 nitrogen and oxygen atoms in total. The summed E-state index contributed by atoms with van der Waals surface area (Å²) in [6, 6.07) is 10.6. The molecule has 0 aliphatic carbocycles. The number of halogens is 2. The first kappa shape index (κ1) is 18.9. The first-order valence-corrected chi connectivity index (χ1v) is 10.1. The van der Waals surface area contributed by atoms with Gasteiger partial charge < -0.3 is 5.32 Å². The Kier molecular flexibility index (Phi) is 6.01. The van der Waals surface area contributed by atoms with Gasteiger partial charge in [0.15, 0.2) is 11.6 Å². The van der Waals surface area contributed by atoms with E-state index in [0.29, 0.717) is 36.6 Å². The van der Waals surface area contributed by atoms with Crippen LogP contribution in [0.15, 0.2) is 47.4 Å². The Morgan fingerprint density at radius 3 is 2.12 bits per heavy atom. The van der Waals surface area contributed by atoms with Crippen LogP contribution in [0.4, 0.5) is 8.78 Å². The van der Waals surface area contributed by atoms with E-state index in [-0.39, 0.29) is 0 Å². The molecule has 2 aromatic rings. The van der Waals surface area contributed by atoms with Gasteiger partial charge in [-0.3, -0.25) is 0 Å². The number of hydrogen-bond acceptors (Lipinski definition) is 3. The maximum absolute atomic E-state index is 13.2. The Morgan fingerprint density at radius 2 is 1.46 bits per heavy atom. The van der Waals surface area contributed by atoms with E-state index in [2.05, 4.69) is 5.32 Å². The van der Waals surface area contributed by atoms with Crippen molar-refractivity contribution in [3.05, 3.63) is 65.2 Å². The largest absolute Gasteiger partial charge is 0.309 e. The minimum absolute atomic E-state index is 0.309. The van der Waals surface area contributed by atoms with E-state index in [1.165, 1.54) is 6.07 Å². The number of benzene rings is 2. The van der Waals surface area contributed by atoms with Crippen molar-refractivity contribution in [2.24, 2.45) is 0 Å². The topological polar surface area (TPSA) is 49.4 Å². The number of nitrogens with zero attached hydrogens (tertiary/aromatic N) is 1. The van der Waals surface area contributed by atoms with Crippen molar-refractivity contribution in [3.8, 4) is 0 Å². The molecule has 0 radical (unpaired) electrons. The van der Waals surface area contributed by atoms with Crippen LogP contribution < -0.4 is 5.32 Å². The van der Waals surface area contributed by atoms with Crippen molar-refractivity contribution < 1.29 is 17.2 Å². The smallest absolute Gasteiger partial charge is 0.243 e. The Hall–Kier alpha value is -1.83. The van der Waals surface area contributed by atoms with E-state index < -0.39 is 21.7 Å². The van der Waals surface area contributed by atoms with Gasteiger partial charge in [0.05, 0.1) is 4.90 Å². The predicted octanol–water partition coefficient (Wildman–Crippen LogP) is 3.43. The van der Waals surface area contributed by atoms with Gasteiger partial charge in [-0.2, -0.15) is 4.31 Å². The molecule has 1 fully saturated rings. The lowest BCUT2D eigenvalue weighted by Crippen LogP contribution is -2.35. The van der Waals surface area contributed by atoms with Gasteiger partial charge in [0.2, 0.25) is 10.0 Å². The molecule has 26 heavy (non-hydrogen) atoms. The zero-order valence-corrected chi connectivity index (χ0v) is 15.2. The third-order valence-corrected chi connectivity index (χ3v) is 6.43. The molecule has 0 saturated carbocycles. The Morgan fingerprint density at radius 1 is 0.846 bits per heavy atom. The van der Waals surface area contributed by atoms with E-state index >= 15 is 0 Å². The van der Waals surface area contributed by atoms with Gasteiger partial charge >= 0.3 is 0 Å². The minimum Gasteiger partial charge on any atom is -0.309 e. The van der Waals surface area contributed by atoms with Crippen LogP contribution in [0.25, 0.3) is 0 Å². The highest BCUT2D eigenvalue weighted by Gasteiger charge is 2.25. The van der Waals surface area contributed by atoms with Gasteiger partial charge in [-0.25, -0.2) is 17.2 Å². The van der Waals surface area contributed by atoms with E-state index in [0.717, 1.165) is 37.0 Å². The van der Waals surface area contributed by atoms with E-state index in [1.54, 1.807) is 28.6 Å². The standard InChI is InChI=1S/C19H22F2N2O2S/c20-18-9-6-16(12-19(18)21)14-22-13-15-4-7-17(8-5-15)26(24,25)23-10-2-1-3-11-23/h4-9,12,22H,1-3,10-11,13-14H2. The molecule has 0 unspecified atom stereocenters. The van der Waals surface area contributed by atoms with Gasteiger partial charge in [-0.1, -0.05) is 24.6 Å². The quantitative estimate of drug-likeness (QED) is 0.835. The molecule has 1 N–H and O–H groups in total. The fraction of sp³-hybridized carbons (Fsp3) is 0.368. The maximum Gasteiger partial charge on any atom is 0.243 e. The van der Waals surface area contributed by atoms with Gasteiger partial charge in [0.1, 0.15) is 0 Å². The summed E-state index contributed by atoms with van der Waals surface area (Å²) in [5.74, 6) is -1.73. The van der Waals surface area contributed by atoms with Crippen molar-refractivity contribution in [3.63, 3.8) is 0 Å². The summed E-state index contributed by atoms with van der Waals surface area (Å²) in [6.45, 7) is 2.06. The number of hydrogen-bond donors (Lipinski definition) is 1. The Labute approximate surface area is 152 Å². The zero-order chi connectivity index (χ0) is 18.6. The fourth-order valence-corrected chi connectivity index (χ4v) is 4.55. The fourth-order valence-electron chi connectivity index (χ4n) is 3.03. The molecule has 1 aliphatic rings. The van der Waals surface area contributed by atoms with Crippen molar-refractivity contribution in [1.82, 2.24) is 9.62 Å². The molecule has 0 amide bonds. The highest BCUT2D eigenvalue weighted by atomic mass is 32.2. The lowest BCUT2D eigenvalue weighted by molar-refractivity contribution is 0.346. The molecule has 1 saturated heterocycles. The number of piperidine rings is 1. The SMILES string of the molecule is O=S(=O)(c1ccc(CNCc2ccc(F)c(F)c2)cc1)N1CCCCC1. The highest BCUT2D eigenvalue weighted by molar-refractivity contribution is 7.89. The summed E-state index contributed by atoms with van der Waals surface area (Å²) < 4.78 is 52.8. The summed E-state index contributed by atoms with van der Waals surface area (Å²) in [7, 11) is -3.42. The molecule has 140 valence electrons. The van der Waals surface area contributed by atoms with Crippen LogP contribution in [0.3, 0.4) is 0 Å². The van der Waals surface area contributed by atoms with Gasteiger partial charge in [0, 0.05) is 26.2 Å². The van der Waals surface area contributed by atoms with E-state index in [9.17, 15) is 17.2 Å². The molecule has 0 aromatic heterocycles. The third-order valence-electron chi connectivity index (χ3n) is 4.52. The second kappa shape index (κ2) is 8.24. The van der Waals surface area contributed by atoms with Crippen molar-refractivity contribution in [2.45, 2.75) is 37.2 Å². The van der Waals surface area contributed by atoms with E-state index in [4.69, 9.17) is 0 Å². The van der Waals surface area contributed by atoms with Gasteiger partial charge in [-0.15, -0.1) is 0 Å². The Balaban J connectivity index is 1.58. The van der Waals surface area contributed by atoms with Crippen LogP contribution in [-0.4, -0.2) is 25.8 Å². The average molecular weight is 380 g/mol. The lowest BCUT2D eigenvalue weighted by atomic mass is 10.2. The molecule has 0 atom stereocenters. The second-order valence-electron chi connectivity index (χ2n) is 6.46. The van der Waals surface area contributed by atoms with Gasteiger partial charge in [0.25, 0.3) is 0 Å². The summed E-state index contributed by atoms with van der Waals surface area (Å²) in [5.41, 5.74) is 1.57. The maximum atomic E-state index is 13.2. The predicted molar refractivity (Wildman–Crippen MR) is 96.0 cm³/mol. The summed E-state index contributed by atoms with van der Waals surface area (Å²) in [6.07, 6.45) is 2.89. The van der Waals surface area contributed by atoms with E-state index in [1.807, 2.05) is 0 Å². The summed E-state index contributed by atoms with van der Waals surface area (Å²) >= 11 is 0. The normalized spacial score (nSPS) is 15.9. The van der Waals surface area contributed by atoms with Crippen molar-refractivity contribution in [1.29, 1.82) is 0 Å². The van der Waals surface area contributed by atoms with Crippen LogP contribution >= 0.6 is 0 Å². The first-order valence-electron chi connectivity index (χ1n) is 8.70. The van der Waals surface area contributed by atoms with Crippen LogP contribution in [0.1, 0.15) is 30.4 Å². The van der Waals surface area contributed by atoms with Crippen molar-refractivity contribution in [2.75, 3.05) is 13.1 Å². The number of nitrogens with one attached hydrogen (secondary N) is 1. The first-order chi connectivity index (χ1) is 12.5. The molecule has 1 heterocycles. The molecular weight excluding hydrogens is 358 g/mol. The molecule has 3 rings (SSSR count).